The van der Waals surface area contributed by atoms with Crippen LogP contribution in [0.3, 0.4) is 0 Å². The van der Waals surface area contributed by atoms with Crippen molar-refractivity contribution in [2.24, 2.45) is 9.98 Å². The molecule has 2 N–H and O–H groups in total. The summed E-state index contributed by atoms with van der Waals surface area (Å²) >= 11 is 0. The van der Waals surface area contributed by atoms with Gasteiger partial charge in [0, 0.05) is 50.3 Å². The van der Waals surface area contributed by atoms with Gasteiger partial charge < -0.3 is 10.6 Å². The van der Waals surface area contributed by atoms with Crippen molar-refractivity contribution in [1.82, 2.24) is 25.6 Å². The summed E-state index contributed by atoms with van der Waals surface area (Å²) in [7, 11) is 0. The van der Waals surface area contributed by atoms with E-state index in [1.807, 2.05) is 24.3 Å². The zero-order chi connectivity index (χ0) is 22.4. The van der Waals surface area contributed by atoms with E-state index in [-0.39, 0.29) is 23.2 Å². The van der Waals surface area contributed by atoms with Crippen LogP contribution in [-0.4, -0.2) is 65.4 Å². The molecule has 3 aromatic rings. The lowest BCUT2D eigenvalue weighted by molar-refractivity contribution is 0.0945. The second-order valence-electron chi connectivity index (χ2n) is 6.55. The molecule has 0 fully saturated rings. The quantitative estimate of drug-likeness (QED) is 0.374. The number of nitrogens with zero attached hydrogens (tertiary/aromatic N) is 5. The third kappa shape index (κ3) is 7.52. The number of carbonyl (C=O) groups is 2. The molecular weight excluding hydrogens is 406 g/mol. The summed E-state index contributed by atoms with van der Waals surface area (Å²) in [6.45, 7) is 1.56. The molecule has 0 aromatic carbocycles. The molecule has 0 bridgehead atoms. The molecule has 9 heteroatoms. The van der Waals surface area contributed by atoms with Gasteiger partial charge in [-0.15, -0.1) is 0 Å². The van der Waals surface area contributed by atoms with E-state index in [2.05, 4.69) is 35.6 Å². The Morgan fingerprint density at radius 1 is 0.719 bits per heavy atom. The lowest BCUT2D eigenvalue weighted by Gasteiger charge is -2.06. The highest BCUT2D eigenvalue weighted by molar-refractivity contribution is 5.96. The number of rotatable bonds is 10. The lowest BCUT2D eigenvalue weighted by Crippen LogP contribution is -2.29. The van der Waals surface area contributed by atoms with Crippen LogP contribution in [0.15, 0.2) is 77.2 Å². The fraction of sp³-hybridized carbons (Fsp3) is 0.174. The highest BCUT2D eigenvalue weighted by Gasteiger charge is 2.11. The maximum Gasteiger partial charge on any atom is 0.269 e. The number of carbonyl (C=O) groups excluding carboxylic acids is 2. The van der Waals surface area contributed by atoms with Gasteiger partial charge in [0.1, 0.15) is 11.4 Å². The Morgan fingerprint density at radius 2 is 1.16 bits per heavy atom. The Labute approximate surface area is 185 Å². The van der Waals surface area contributed by atoms with E-state index >= 15 is 0 Å². The van der Waals surface area contributed by atoms with Crippen LogP contribution in [0, 0.1) is 0 Å². The van der Waals surface area contributed by atoms with Gasteiger partial charge in [-0.3, -0.25) is 29.5 Å². The summed E-state index contributed by atoms with van der Waals surface area (Å²) in [5.41, 5.74) is 2.22. The average Bonchev–Trinajstić information content (AvgIpc) is 2.84. The SMILES string of the molecule is O=C(NCCN=Cc1ccncc1)c1cccc(C(=O)NCCN=Cc2ccncc2)n1. The Morgan fingerprint density at radius 3 is 1.59 bits per heavy atom. The summed E-state index contributed by atoms with van der Waals surface area (Å²) in [6, 6.07) is 12.1. The van der Waals surface area contributed by atoms with Gasteiger partial charge in [0.15, 0.2) is 0 Å². The summed E-state index contributed by atoms with van der Waals surface area (Å²) in [6.07, 6.45) is 10.2. The number of pyridine rings is 3. The van der Waals surface area contributed by atoms with Crippen LogP contribution in [0.1, 0.15) is 32.1 Å². The fourth-order valence-electron chi connectivity index (χ4n) is 2.58. The van der Waals surface area contributed by atoms with Gasteiger partial charge in [0.25, 0.3) is 11.8 Å². The zero-order valence-electron chi connectivity index (χ0n) is 17.4. The van der Waals surface area contributed by atoms with Crippen LogP contribution in [0.5, 0.6) is 0 Å². The number of nitrogens with one attached hydrogen (secondary N) is 2. The predicted octanol–water partition coefficient (Wildman–Crippen LogP) is 1.57. The largest absolute Gasteiger partial charge is 0.349 e. The number of hydrogen-bond donors (Lipinski definition) is 2. The zero-order valence-corrected chi connectivity index (χ0v) is 17.4. The first-order chi connectivity index (χ1) is 15.7. The maximum absolute atomic E-state index is 12.3. The molecule has 0 radical (unpaired) electrons. The van der Waals surface area contributed by atoms with Crippen molar-refractivity contribution in [2.45, 2.75) is 0 Å². The van der Waals surface area contributed by atoms with Gasteiger partial charge >= 0.3 is 0 Å². The molecule has 162 valence electrons. The highest BCUT2D eigenvalue weighted by Crippen LogP contribution is 2.00. The van der Waals surface area contributed by atoms with Crippen molar-refractivity contribution in [1.29, 1.82) is 0 Å². The van der Waals surface area contributed by atoms with E-state index in [1.165, 1.54) is 0 Å². The van der Waals surface area contributed by atoms with E-state index < -0.39 is 0 Å². The van der Waals surface area contributed by atoms with Crippen LogP contribution in [0.2, 0.25) is 0 Å². The fourth-order valence-corrected chi connectivity index (χ4v) is 2.58. The molecule has 0 unspecified atom stereocenters. The molecule has 0 atom stereocenters. The Hall–Kier alpha value is -4.27. The van der Waals surface area contributed by atoms with Crippen molar-refractivity contribution in [3.8, 4) is 0 Å². The normalized spacial score (nSPS) is 11.0. The molecule has 0 aliphatic heterocycles. The maximum atomic E-state index is 12.3. The third-order valence-electron chi connectivity index (χ3n) is 4.16. The smallest absolute Gasteiger partial charge is 0.269 e. The molecule has 9 nitrogen and oxygen atoms in total. The molecular formula is C23H23N7O2. The third-order valence-corrected chi connectivity index (χ3v) is 4.16. The van der Waals surface area contributed by atoms with Gasteiger partial charge in [-0.25, -0.2) is 4.98 Å². The van der Waals surface area contributed by atoms with Crippen LogP contribution in [0.25, 0.3) is 0 Å². The minimum absolute atomic E-state index is 0.173. The molecule has 0 spiro atoms. The summed E-state index contributed by atoms with van der Waals surface area (Å²) < 4.78 is 0. The number of aliphatic imine (C=N–C) groups is 2. The topological polar surface area (TPSA) is 122 Å². The lowest BCUT2D eigenvalue weighted by atomic mass is 10.2. The molecule has 3 rings (SSSR count). The van der Waals surface area contributed by atoms with Crippen LogP contribution in [-0.2, 0) is 0 Å². The highest BCUT2D eigenvalue weighted by atomic mass is 16.2. The summed E-state index contributed by atoms with van der Waals surface area (Å²) in [5.74, 6) is -0.721. The van der Waals surface area contributed by atoms with Gasteiger partial charge in [-0.1, -0.05) is 6.07 Å². The van der Waals surface area contributed by atoms with Gasteiger partial charge in [0.05, 0.1) is 13.1 Å². The number of aromatic nitrogens is 3. The molecule has 32 heavy (non-hydrogen) atoms. The van der Waals surface area contributed by atoms with Crippen LogP contribution >= 0.6 is 0 Å². The molecule has 0 saturated heterocycles. The van der Waals surface area contributed by atoms with Crippen molar-refractivity contribution in [2.75, 3.05) is 26.2 Å². The van der Waals surface area contributed by atoms with Crippen molar-refractivity contribution >= 4 is 24.2 Å². The minimum Gasteiger partial charge on any atom is -0.349 e. The number of amides is 2. The average molecular weight is 429 g/mol. The standard InChI is InChI=1S/C23H23N7O2/c31-22(28-14-12-26-16-18-4-8-24-9-5-18)20-2-1-3-21(30-20)23(32)29-15-13-27-17-19-6-10-25-11-7-19/h1-11,16-17H,12-15H2,(H,28,31)(H,29,32). The van der Waals surface area contributed by atoms with Crippen molar-refractivity contribution in [3.63, 3.8) is 0 Å². The van der Waals surface area contributed by atoms with E-state index in [0.29, 0.717) is 26.2 Å². The van der Waals surface area contributed by atoms with Gasteiger partial charge in [-0.2, -0.15) is 0 Å². The van der Waals surface area contributed by atoms with Gasteiger partial charge in [-0.05, 0) is 47.5 Å². The van der Waals surface area contributed by atoms with Crippen molar-refractivity contribution < 1.29 is 9.59 Å². The Balaban J connectivity index is 1.41. The van der Waals surface area contributed by atoms with Crippen LogP contribution < -0.4 is 10.6 Å². The second-order valence-corrected chi connectivity index (χ2v) is 6.55. The molecule has 3 heterocycles. The monoisotopic (exact) mass is 429 g/mol. The first-order valence-corrected chi connectivity index (χ1v) is 10.1. The first kappa shape index (κ1) is 22.4. The van der Waals surface area contributed by atoms with E-state index in [9.17, 15) is 9.59 Å². The minimum atomic E-state index is -0.360. The molecule has 2 amide bonds. The van der Waals surface area contributed by atoms with E-state index in [1.54, 1.807) is 55.4 Å². The number of hydrogen-bond acceptors (Lipinski definition) is 7. The summed E-state index contributed by atoms with van der Waals surface area (Å²) in [4.78, 5) is 45.1. The molecule has 0 aliphatic carbocycles. The Bertz CT molecular complexity index is 987. The summed E-state index contributed by atoms with van der Waals surface area (Å²) in [5, 5.41) is 5.49. The first-order valence-electron chi connectivity index (χ1n) is 10.1. The van der Waals surface area contributed by atoms with E-state index in [0.717, 1.165) is 11.1 Å². The van der Waals surface area contributed by atoms with Crippen molar-refractivity contribution in [3.05, 3.63) is 89.8 Å². The van der Waals surface area contributed by atoms with Crippen LogP contribution in [0.4, 0.5) is 0 Å². The molecule has 0 saturated carbocycles. The van der Waals surface area contributed by atoms with Gasteiger partial charge in [0.2, 0.25) is 0 Å². The Kier molecular flexibility index (Phi) is 8.71. The van der Waals surface area contributed by atoms with E-state index in [4.69, 9.17) is 0 Å². The molecule has 0 aliphatic rings. The molecule has 3 aromatic heterocycles. The predicted molar refractivity (Wildman–Crippen MR) is 122 cm³/mol. The second kappa shape index (κ2) is 12.4.